The quantitative estimate of drug-likeness (QED) is 0.783. The van der Waals surface area contributed by atoms with Gasteiger partial charge in [-0.25, -0.2) is 0 Å². The van der Waals surface area contributed by atoms with E-state index in [0.717, 1.165) is 0 Å². The number of nitrogens with one attached hydrogen (secondary N) is 1. The maximum atomic E-state index is 11.7. The zero-order valence-corrected chi connectivity index (χ0v) is 9.40. The largest absolute Gasteiger partial charge is 0.330 e. The molecule has 0 spiro atoms. The molecule has 1 amide bonds. The van der Waals surface area contributed by atoms with Crippen LogP contribution in [0.1, 0.15) is 12.0 Å². The van der Waals surface area contributed by atoms with Crippen LogP contribution in [-0.4, -0.2) is 12.5 Å². The lowest BCUT2D eigenvalue weighted by atomic mass is 9.96. The highest BCUT2D eigenvalue weighted by molar-refractivity contribution is 6.39. The molecule has 0 saturated heterocycles. The highest BCUT2D eigenvalue weighted by Gasteiger charge is 2.44. The predicted octanol–water partition coefficient (Wildman–Crippen LogP) is 2.08. The molecule has 0 aromatic heterocycles. The van der Waals surface area contributed by atoms with E-state index in [4.69, 9.17) is 28.9 Å². The van der Waals surface area contributed by atoms with E-state index in [-0.39, 0.29) is 5.91 Å². The van der Waals surface area contributed by atoms with Gasteiger partial charge in [0.25, 0.3) is 0 Å². The molecular weight excluding hydrogens is 235 g/mol. The number of halogens is 2. The molecule has 1 aromatic rings. The average Bonchev–Trinajstić information content (AvgIpc) is 2.42. The molecule has 1 aliphatic rings. The Hall–Kier alpha value is -0.770. The van der Waals surface area contributed by atoms with E-state index in [9.17, 15) is 4.79 Å². The van der Waals surface area contributed by atoms with Crippen molar-refractivity contribution < 1.29 is 4.79 Å². The summed E-state index contributed by atoms with van der Waals surface area (Å²) in [5, 5.41) is 3.28. The van der Waals surface area contributed by atoms with E-state index in [0.29, 0.717) is 29.2 Å². The Bertz CT molecular complexity index is 422. The van der Waals surface area contributed by atoms with E-state index in [1.807, 2.05) is 0 Å². The van der Waals surface area contributed by atoms with Gasteiger partial charge < -0.3 is 11.1 Å². The van der Waals surface area contributed by atoms with Crippen LogP contribution < -0.4 is 11.1 Å². The SMILES string of the molecule is NCCC1(Cl)C(=O)Nc2ccc(Cl)cc21. The fourth-order valence-electron chi connectivity index (χ4n) is 1.74. The summed E-state index contributed by atoms with van der Waals surface area (Å²) in [6, 6.07) is 5.17. The third-order valence-corrected chi connectivity index (χ3v) is 3.30. The monoisotopic (exact) mass is 244 g/mol. The van der Waals surface area contributed by atoms with E-state index in [1.165, 1.54) is 0 Å². The molecule has 1 aromatic carbocycles. The second-order valence-electron chi connectivity index (χ2n) is 3.48. The van der Waals surface area contributed by atoms with Gasteiger partial charge in [0.05, 0.1) is 0 Å². The number of fused-ring (bicyclic) bond motifs is 1. The summed E-state index contributed by atoms with van der Waals surface area (Å²) in [5.41, 5.74) is 6.88. The number of benzene rings is 1. The molecule has 80 valence electrons. The molecule has 0 aliphatic carbocycles. The smallest absolute Gasteiger partial charge is 0.250 e. The molecule has 5 heteroatoms. The summed E-state index contributed by atoms with van der Waals surface area (Å²) in [6.45, 7) is 0.350. The van der Waals surface area contributed by atoms with E-state index < -0.39 is 4.87 Å². The van der Waals surface area contributed by atoms with Gasteiger partial charge in [-0.15, -0.1) is 11.6 Å². The van der Waals surface area contributed by atoms with Gasteiger partial charge in [0, 0.05) is 16.3 Å². The number of hydrogen-bond acceptors (Lipinski definition) is 2. The topological polar surface area (TPSA) is 55.1 Å². The Morgan fingerprint density at radius 2 is 2.20 bits per heavy atom. The molecular formula is C10H10Cl2N2O. The Morgan fingerprint density at radius 3 is 2.87 bits per heavy atom. The molecule has 15 heavy (non-hydrogen) atoms. The normalized spacial score (nSPS) is 23.8. The highest BCUT2D eigenvalue weighted by Crippen LogP contribution is 2.44. The number of amides is 1. The van der Waals surface area contributed by atoms with Crippen LogP contribution in [0.15, 0.2) is 18.2 Å². The Morgan fingerprint density at radius 1 is 1.47 bits per heavy atom. The lowest BCUT2D eigenvalue weighted by Gasteiger charge is -2.18. The summed E-state index contributed by atoms with van der Waals surface area (Å²) in [4.78, 5) is 10.7. The van der Waals surface area contributed by atoms with Gasteiger partial charge in [0.1, 0.15) is 0 Å². The van der Waals surface area contributed by atoms with Gasteiger partial charge in [-0.3, -0.25) is 4.79 Å². The van der Waals surface area contributed by atoms with Gasteiger partial charge in [0.2, 0.25) is 5.91 Å². The van der Waals surface area contributed by atoms with Crippen LogP contribution in [0, 0.1) is 0 Å². The van der Waals surface area contributed by atoms with Gasteiger partial charge >= 0.3 is 0 Å². The highest BCUT2D eigenvalue weighted by atomic mass is 35.5. The van der Waals surface area contributed by atoms with Crippen LogP contribution in [-0.2, 0) is 9.67 Å². The zero-order valence-electron chi connectivity index (χ0n) is 7.89. The molecule has 2 rings (SSSR count). The van der Waals surface area contributed by atoms with Crippen LogP contribution >= 0.6 is 23.2 Å². The van der Waals surface area contributed by atoms with Crippen LogP contribution in [0.4, 0.5) is 5.69 Å². The van der Waals surface area contributed by atoms with E-state index in [1.54, 1.807) is 18.2 Å². The minimum atomic E-state index is -1.06. The number of carbonyl (C=O) groups is 1. The van der Waals surface area contributed by atoms with Crippen LogP contribution in [0.3, 0.4) is 0 Å². The molecule has 0 bridgehead atoms. The minimum absolute atomic E-state index is 0.230. The molecule has 0 saturated carbocycles. The predicted molar refractivity (Wildman–Crippen MR) is 61.3 cm³/mol. The molecule has 1 aliphatic heterocycles. The maximum absolute atomic E-state index is 11.7. The summed E-state index contributed by atoms with van der Waals surface area (Å²) in [5.74, 6) is -0.230. The average molecular weight is 245 g/mol. The first-order chi connectivity index (χ1) is 7.08. The molecule has 3 N–H and O–H groups in total. The fourth-order valence-corrected chi connectivity index (χ4v) is 2.23. The Kier molecular flexibility index (Phi) is 2.63. The van der Waals surface area contributed by atoms with Gasteiger partial charge in [-0.2, -0.15) is 0 Å². The molecule has 1 atom stereocenters. The number of carbonyl (C=O) groups excluding carboxylic acids is 1. The van der Waals surface area contributed by atoms with Crippen molar-refractivity contribution in [2.24, 2.45) is 5.73 Å². The number of alkyl halides is 1. The summed E-state index contributed by atoms with van der Waals surface area (Å²) < 4.78 is 0. The fraction of sp³-hybridized carbons (Fsp3) is 0.300. The van der Waals surface area contributed by atoms with Crippen LogP contribution in [0.25, 0.3) is 0 Å². The Balaban J connectivity index is 2.52. The van der Waals surface area contributed by atoms with Gasteiger partial charge in [-0.05, 0) is 31.2 Å². The molecule has 3 nitrogen and oxygen atoms in total. The summed E-state index contributed by atoms with van der Waals surface area (Å²) in [7, 11) is 0. The molecule has 1 heterocycles. The van der Waals surface area contributed by atoms with Gasteiger partial charge in [-0.1, -0.05) is 11.6 Å². The second-order valence-corrected chi connectivity index (χ2v) is 4.57. The third-order valence-electron chi connectivity index (χ3n) is 2.51. The van der Waals surface area contributed by atoms with Crippen LogP contribution in [0.5, 0.6) is 0 Å². The second kappa shape index (κ2) is 3.67. The minimum Gasteiger partial charge on any atom is -0.330 e. The lowest BCUT2D eigenvalue weighted by molar-refractivity contribution is -0.118. The number of hydrogen-bond donors (Lipinski definition) is 2. The van der Waals surface area contributed by atoms with Crippen molar-refractivity contribution in [1.29, 1.82) is 0 Å². The van der Waals surface area contributed by atoms with Crippen molar-refractivity contribution in [3.8, 4) is 0 Å². The standard InChI is InChI=1S/C10H10Cl2N2O/c11-6-1-2-8-7(5-6)10(12,3-4-13)9(15)14-8/h1-2,5H,3-4,13H2,(H,14,15). The zero-order chi connectivity index (χ0) is 11.1. The number of nitrogens with two attached hydrogens (primary N) is 1. The van der Waals surface area contributed by atoms with Crippen molar-refractivity contribution in [2.45, 2.75) is 11.3 Å². The first kappa shape index (κ1) is 10.7. The van der Waals surface area contributed by atoms with Crippen molar-refractivity contribution in [1.82, 2.24) is 0 Å². The Labute approximate surface area is 97.5 Å². The van der Waals surface area contributed by atoms with Crippen molar-refractivity contribution >= 4 is 34.8 Å². The molecule has 0 radical (unpaired) electrons. The lowest BCUT2D eigenvalue weighted by Crippen LogP contribution is -2.30. The number of anilines is 1. The van der Waals surface area contributed by atoms with Gasteiger partial charge in [0.15, 0.2) is 4.87 Å². The third kappa shape index (κ3) is 1.61. The maximum Gasteiger partial charge on any atom is 0.250 e. The van der Waals surface area contributed by atoms with Crippen molar-refractivity contribution in [3.63, 3.8) is 0 Å². The van der Waals surface area contributed by atoms with E-state index >= 15 is 0 Å². The summed E-state index contributed by atoms with van der Waals surface area (Å²) in [6.07, 6.45) is 0.397. The molecule has 1 unspecified atom stereocenters. The first-order valence-electron chi connectivity index (χ1n) is 4.58. The van der Waals surface area contributed by atoms with E-state index in [2.05, 4.69) is 5.32 Å². The van der Waals surface area contributed by atoms with Crippen molar-refractivity contribution in [3.05, 3.63) is 28.8 Å². The first-order valence-corrected chi connectivity index (χ1v) is 5.34. The van der Waals surface area contributed by atoms with Crippen LogP contribution in [0.2, 0.25) is 5.02 Å². The molecule has 0 fully saturated rings. The van der Waals surface area contributed by atoms with Crippen molar-refractivity contribution in [2.75, 3.05) is 11.9 Å². The summed E-state index contributed by atoms with van der Waals surface area (Å²) >= 11 is 12.1. The number of rotatable bonds is 2.